The van der Waals surface area contributed by atoms with Crippen LogP contribution in [0.25, 0.3) is 0 Å². The first-order chi connectivity index (χ1) is 8.12. The lowest BCUT2D eigenvalue weighted by Crippen LogP contribution is -2.50. The lowest BCUT2D eigenvalue weighted by atomic mass is 9.87. The lowest BCUT2D eigenvalue weighted by Gasteiger charge is -2.33. The molecule has 0 saturated heterocycles. The van der Waals surface area contributed by atoms with Crippen molar-refractivity contribution in [3.05, 3.63) is 0 Å². The largest absolute Gasteiger partial charge is 0.350 e. The maximum Gasteiger partial charge on any atom is 0.223 e. The average molecular weight is 277 g/mol. The van der Waals surface area contributed by atoms with Crippen LogP contribution in [0.15, 0.2) is 0 Å². The van der Waals surface area contributed by atoms with Gasteiger partial charge < -0.3 is 11.1 Å². The van der Waals surface area contributed by atoms with Gasteiger partial charge in [-0.3, -0.25) is 4.79 Å². The number of carbonyl (C=O) groups is 1. The van der Waals surface area contributed by atoms with Crippen molar-refractivity contribution in [1.29, 1.82) is 0 Å². The molecule has 1 rings (SSSR count). The number of carbonyl (C=O) groups excluding carboxylic acids is 1. The number of rotatable bonds is 6. The fourth-order valence-corrected chi connectivity index (χ4v) is 3.03. The molecule has 0 unspecified atom stereocenters. The standard InChI is InChI=1S/C14H28N2O.ClH/c1-4-14(5-2,6-3)16-13(17)12-9-7-8-11(12)10-15;/h11-12H,4-10,15H2,1-3H3,(H,16,17);1H/t11-,12-;/m1./s1. The smallest absolute Gasteiger partial charge is 0.223 e. The summed E-state index contributed by atoms with van der Waals surface area (Å²) in [6.45, 7) is 7.11. The van der Waals surface area contributed by atoms with Crippen molar-refractivity contribution >= 4 is 18.3 Å². The summed E-state index contributed by atoms with van der Waals surface area (Å²) in [5, 5.41) is 3.29. The van der Waals surface area contributed by atoms with Gasteiger partial charge in [0, 0.05) is 11.5 Å². The number of nitrogens with two attached hydrogens (primary N) is 1. The fourth-order valence-electron chi connectivity index (χ4n) is 3.03. The van der Waals surface area contributed by atoms with Crippen molar-refractivity contribution in [2.24, 2.45) is 17.6 Å². The predicted octanol–water partition coefficient (Wildman–Crippen LogP) is 2.87. The molecule has 2 atom stereocenters. The molecule has 3 nitrogen and oxygen atoms in total. The van der Waals surface area contributed by atoms with Gasteiger partial charge in [0.25, 0.3) is 0 Å². The summed E-state index contributed by atoms with van der Waals surface area (Å²) in [4.78, 5) is 12.3. The van der Waals surface area contributed by atoms with E-state index in [1.165, 1.54) is 0 Å². The zero-order chi connectivity index (χ0) is 12.9. The van der Waals surface area contributed by atoms with Crippen LogP contribution < -0.4 is 11.1 Å². The molecule has 0 aromatic carbocycles. The van der Waals surface area contributed by atoms with E-state index in [-0.39, 0.29) is 29.8 Å². The highest BCUT2D eigenvalue weighted by atomic mass is 35.5. The second-order valence-corrected chi connectivity index (χ2v) is 5.36. The molecular formula is C14H29ClN2O. The third-order valence-electron chi connectivity index (χ3n) is 4.72. The van der Waals surface area contributed by atoms with Gasteiger partial charge in [0.15, 0.2) is 0 Å². The molecule has 0 aromatic rings. The van der Waals surface area contributed by atoms with Crippen molar-refractivity contribution in [3.63, 3.8) is 0 Å². The third kappa shape index (κ3) is 3.86. The van der Waals surface area contributed by atoms with Crippen molar-refractivity contribution in [2.75, 3.05) is 6.54 Å². The molecule has 108 valence electrons. The molecule has 4 heteroatoms. The van der Waals surface area contributed by atoms with E-state index in [9.17, 15) is 4.79 Å². The molecule has 0 heterocycles. The minimum atomic E-state index is -0.00117. The highest BCUT2D eigenvalue weighted by Crippen LogP contribution is 2.32. The molecule has 0 spiro atoms. The number of halogens is 1. The van der Waals surface area contributed by atoms with Crippen LogP contribution in [0, 0.1) is 11.8 Å². The zero-order valence-corrected chi connectivity index (χ0v) is 12.8. The summed E-state index contributed by atoms with van der Waals surface area (Å²) < 4.78 is 0. The summed E-state index contributed by atoms with van der Waals surface area (Å²) in [7, 11) is 0. The minimum absolute atomic E-state index is 0. The molecule has 0 radical (unpaired) electrons. The maximum absolute atomic E-state index is 12.3. The number of nitrogens with one attached hydrogen (secondary N) is 1. The second-order valence-electron chi connectivity index (χ2n) is 5.36. The van der Waals surface area contributed by atoms with E-state index in [1.54, 1.807) is 0 Å². The summed E-state index contributed by atoms with van der Waals surface area (Å²) in [5.41, 5.74) is 5.74. The van der Waals surface area contributed by atoms with Crippen LogP contribution in [0.3, 0.4) is 0 Å². The quantitative estimate of drug-likeness (QED) is 0.784. The molecule has 1 aliphatic carbocycles. The first-order valence-corrected chi connectivity index (χ1v) is 7.14. The van der Waals surface area contributed by atoms with Gasteiger partial charge in [0.1, 0.15) is 0 Å². The van der Waals surface area contributed by atoms with Crippen LogP contribution in [0.2, 0.25) is 0 Å². The summed E-state index contributed by atoms with van der Waals surface area (Å²) in [6, 6.07) is 0. The summed E-state index contributed by atoms with van der Waals surface area (Å²) in [6.07, 6.45) is 6.30. The van der Waals surface area contributed by atoms with Crippen molar-refractivity contribution in [2.45, 2.75) is 64.8 Å². The Bertz CT molecular complexity index is 246. The second kappa shape index (κ2) is 8.00. The Morgan fingerprint density at radius 3 is 2.22 bits per heavy atom. The van der Waals surface area contributed by atoms with Gasteiger partial charge in [-0.2, -0.15) is 0 Å². The minimum Gasteiger partial charge on any atom is -0.350 e. The van der Waals surface area contributed by atoms with E-state index in [1.807, 2.05) is 0 Å². The molecule has 0 bridgehead atoms. The van der Waals surface area contributed by atoms with Gasteiger partial charge >= 0.3 is 0 Å². The molecule has 1 fully saturated rings. The highest BCUT2D eigenvalue weighted by Gasteiger charge is 2.35. The number of amides is 1. The Hall–Kier alpha value is -0.280. The van der Waals surface area contributed by atoms with Gasteiger partial charge in [0.2, 0.25) is 5.91 Å². The Balaban J connectivity index is 0.00000289. The average Bonchev–Trinajstić information content (AvgIpc) is 2.84. The first kappa shape index (κ1) is 17.7. The van der Waals surface area contributed by atoms with Crippen LogP contribution in [0.4, 0.5) is 0 Å². The van der Waals surface area contributed by atoms with Crippen molar-refractivity contribution in [3.8, 4) is 0 Å². The van der Waals surface area contributed by atoms with Gasteiger partial charge in [-0.1, -0.05) is 27.2 Å². The first-order valence-electron chi connectivity index (χ1n) is 7.14. The Morgan fingerprint density at radius 1 is 1.22 bits per heavy atom. The Labute approximate surface area is 118 Å². The number of hydrogen-bond acceptors (Lipinski definition) is 2. The number of hydrogen-bond donors (Lipinski definition) is 2. The monoisotopic (exact) mass is 276 g/mol. The van der Waals surface area contributed by atoms with Gasteiger partial charge in [-0.25, -0.2) is 0 Å². The normalized spacial score (nSPS) is 23.6. The molecular weight excluding hydrogens is 248 g/mol. The van der Waals surface area contributed by atoms with Crippen molar-refractivity contribution < 1.29 is 4.79 Å². The van der Waals surface area contributed by atoms with Gasteiger partial charge in [0.05, 0.1) is 0 Å². The Kier molecular flexibility index (Phi) is 7.88. The molecule has 1 aliphatic rings. The third-order valence-corrected chi connectivity index (χ3v) is 4.72. The van der Waals surface area contributed by atoms with Gasteiger partial charge in [-0.05, 0) is 44.6 Å². The van der Waals surface area contributed by atoms with E-state index in [0.29, 0.717) is 12.5 Å². The molecule has 1 saturated carbocycles. The summed E-state index contributed by atoms with van der Waals surface area (Å²) in [5.74, 6) is 0.797. The molecule has 0 aliphatic heterocycles. The van der Waals surface area contributed by atoms with E-state index >= 15 is 0 Å². The predicted molar refractivity (Wildman–Crippen MR) is 78.9 cm³/mol. The molecule has 1 amide bonds. The van der Waals surface area contributed by atoms with Crippen LogP contribution in [-0.4, -0.2) is 18.0 Å². The van der Waals surface area contributed by atoms with Crippen LogP contribution in [0.1, 0.15) is 59.3 Å². The SMILES string of the molecule is CCC(CC)(CC)NC(=O)[C@@H]1CCC[C@@H]1CN.Cl. The van der Waals surface area contributed by atoms with Crippen LogP contribution in [-0.2, 0) is 4.79 Å². The van der Waals surface area contributed by atoms with Crippen molar-refractivity contribution in [1.82, 2.24) is 5.32 Å². The molecule has 3 N–H and O–H groups in total. The topological polar surface area (TPSA) is 55.1 Å². The highest BCUT2D eigenvalue weighted by molar-refractivity contribution is 5.85. The fraction of sp³-hybridized carbons (Fsp3) is 0.929. The Morgan fingerprint density at radius 2 is 1.78 bits per heavy atom. The van der Waals surface area contributed by atoms with E-state index in [4.69, 9.17) is 5.73 Å². The zero-order valence-electron chi connectivity index (χ0n) is 12.0. The molecule has 0 aromatic heterocycles. The van der Waals surface area contributed by atoms with Gasteiger partial charge in [-0.15, -0.1) is 12.4 Å². The van der Waals surface area contributed by atoms with Crippen LogP contribution in [0.5, 0.6) is 0 Å². The van der Waals surface area contributed by atoms with Crippen LogP contribution >= 0.6 is 12.4 Å². The molecule has 18 heavy (non-hydrogen) atoms. The van der Waals surface area contributed by atoms with E-state index in [0.717, 1.165) is 38.5 Å². The maximum atomic E-state index is 12.3. The van der Waals surface area contributed by atoms with E-state index in [2.05, 4.69) is 26.1 Å². The summed E-state index contributed by atoms with van der Waals surface area (Å²) >= 11 is 0. The van der Waals surface area contributed by atoms with E-state index < -0.39 is 0 Å². The lowest BCUT2D eigenvalue weighted by molar-refractivity contribution is -0.128.